The average molecular weight is 379 g/mol. The van der Waals surface area contributed by atoms with Crippen molar-refractivity contribution in [3.05, 3.63) is 65.0 Å². The van der Waals surface area contributed by atoms with Crippen molar-refractivity contribution >= 4 is 28.3 Å². The summed E-state index contributed by atoms with van der Waals surface area (Å²) in [5.41, 5.74) is 1.97. The van der Waals surface area contributed by atoms with E-state index in [1.165, 1.54) is 6.92 Å². The number of nitrogens with one attached hydrogen (secondary N) is 1. The molecule has 0 radical (unpaired) electrons. The molecular weight excluding hydrogens is 358 g/mol. The Labute approximate surface area is 162 Å². The molecule has 6 heteroatoms. The topological polar surface area (TPSA) is 85.5 Å². The quantitative estimate of drug-likeness (QED) is 0.499. The molecule has 0 aliphatic rings. The molecule has 0 aliphatic heterocycles. The first-order valence-corrected chi connectivity index (χ1v) is 8.88. The normalized spacial score (nSPS) is 10.7. The van der Waals surface area contributed by atoms with Crippen LogP contribution in [0.5, 0.6) is 5.75 Å². The molecule has 0 atom stereocenters. The Morgan fingerprint density at radius 1 is 0.964 bits per heavy atom. The lowest BCUT2D eigenvalue weighted by molar-refractivity contribution is -0.144. The van der Waals surface area contributed by atoms with E-state index < -0.39 is 18.4 Å². The molecule has 28 heavy (non-hydrogen) atoms. The number of hydrogen-bond donors (Lipinski definition) is 1. The summed E-state index contributed by atoms with van der Waals surface area (Å²) in [6.45, 7) is 4.14. The number of aryl methyl sites for hydroxylation is 1. The Morgan fingerprint density at radius 3 is 2.39 bits per heavy atom. The second-order valence-electron chi connectivity index (χ2n) is 6.53. The van der Waals surface area contributed by atoms with E-state index in [0.717, 1.165) is 10.8 Å². The summed E-state index contributed by atoms with van der Waals surface area (Å²) in [6.07, 6.45) is 0. The number of benzene rings is 2. The van der Waals surface area contributed by atoms with Crippen LogP contribution < -0.4 is 4.74 Å². The Hall–Kier alpha value is -3.41. The Kier molecular flexibility index (Phi) is 5.59. The largest absolute Gasteiger partial charge is 0.481 e. The van der Waals surface area contributed by atoms with Gasteiger partial charge in [-0.05, 0) is 37.8 Å². The van der Waals surface area contributed by atoms with Crippen LogP contribution in [0.15, 0.2) is 42.5 Å². The smallest absolute Gasteiger partial charge is 0.344 e. The number of Topliss-reactive ketones (excluding diaryl/α,β-unsaturated/α-hetero) is 2. The molecule has 144 valence electrons. The molecule has 3 rings (SSSR count). The summed E-state index contributed by atoms with van der Waals surface area (Å²) in [4.78, 5) is 38.9. The van der Waals surface area contributed by atoms with Crippen molar-refractivity contribution in [1.82, 2.24) is 4.98 Å². The fourth-order valence-electron chi connectivity index (χ4n) is 3.28. The highest BCUT2D eigenvalue weighted by atomic mass is 16.6. The van der Waals surface area contributed by atoms with E-state index >= 15 is 0 Å². The fraction of sp³-hybridized carbons (Fsp3) is 0.227. The van der Waals surface area contributed by atoms with Gasteiger partial charge in [0.2, 0.25) is 5.78 Å². The predicted octanol–water partition coefficient (Wildman–Crippen LogP) is 3.79. The minimum atomic E-state index is -0.644. The number of rotatable bonds is 7. The Morgan fingerprint density at radius 2 is 1.68 bits per heavy atom. The molecular formula is C22H21NO5. The number of carbonyl (C=O) groups excluding carboxylic acids is 3. The standard InChI is InChI=1S/C22H21NO5/c1-13-21(15(3)24)14(2)23-22(13)18(25)11-28-20(26)12-27-19-10-6-8-16-7-4-5-9-17(16)19/h4-10,23H,11-12H2,1-3H3. The zero-order valence-electron chi connectivity index (χ0n) is 16.0. The number of carbonyl (C=O) groups is 3. The number of hydrogen-bond acceptors (Lipinski definition) is 5. The second-order valence-corrected chi connectivity index (χ2v) is 6.53. The van der Waals surface area contributed by atoms with E-state index in [-0.39, 0.29) is 18.1 Å². The number of H-pyrrole nitrogens is 1. The van der Waals surface area contributed by atoms with Gasteiger partial charge >= 0.3 is 5.97 Å². The lowest BCUT2D eigenvalue weighted by Gasteiger charge is -2.09. The first-order chi connectivity index (χ1) is 13.4. The highest BCUT2D eigenvalue weighted by Crippen LogP contribution is 2.25. The summed E-state index contributed by atoms with van der Waals surface area (Å²) in [5.74, 6) is -0.588. The molecule has 1 aromatic heterocycles. The molecule has 0 bridgehead atoms. The molecule has 0 spiro atoms. The molecule has 0 saturated carbocycles. The average Bonchev–Trinajstić information content (AvgIpc) is 2.98. The van der Waals surface area contributed by atoms with Gasteiger partial charge in [-0.25, -0.2) is 4.79 Å². The highest BCUT2D eigenvalue weighted by molar-refractivity contribution is 6.04. The van der Waals surface area contributed by atoms with Gasteiger partial charge in [0.05, 0.1) is 5.69 Å². The molecule has 3 aromatic rings. The third kappa shape index (κ3) is 3.96. The van der Waals surface area contributed by atoms with E-state index in [4.69, 9.17) is 9.47 Å². The summed E-state index contributed by atoms with van der Waals surface area (Å²) in [7, 11) is 0. The number of esters is 1. The summed E-state index contributed by atoms with van der Waals surface area (Å²) in [6, 6.07) is 13.2. The highest BCUT2D eigenvalue weighted by Gasteiger charge is 2.20. The molecule has 0 fully saturated rings. The minimum absolute atomic E-state index is 0.120. The van der Waals surface area contributed by atoms with Gasteiger partial charge in [-0.3, -0.25) is 9.59 Å². The van der Waals surface area contributed by atoms with Gasteiger partial charge in [0, 0.05) is 16.6 Å². The third-order valence-electron chi connectivity index (χ3n) is 4.53. The zero-order chi connectivity index (χ0) is 20.3. The van der Waals surface area contributed by atoms with Crippen molar-refractivity contribution in [2.45, 2.75) is 20.8 Å². The van der Waals surface area contributed by atoms with Gasteiger partial charge in [0.25, 0.3) is 0 Å². The lowest BCUT2D eigenvalue weighted by atomic mass is 10.1. The number of aromatic nitrogens is 1. The molecule has 1 N–H and O–H groups in total. The first kappa shape index (κ1) is 19.4. The molecule has 0 unspecified atom stereocenters. The van der Waals surface area contributed by atoms with Crippen molar-refractivity contribution in [1.29, 1.82) is 0 Å². The predicted molar refractivity (Wildman–Crippen MR) is 105 cm³/mol. The van der Waals surface area contributed by atoms with Crippen LogP contribution in [0.4, 0.5) is 0 Å². The van der Waals surface area contributed by atoms with Crippen molar-refractivity contribution in [3.63, 3.8) is 0 Å². The number of ether oxygens (including phenoxy) is 2. The van der Waals surface area contributed by atoms with Gasteiger partial charge in [0.1, 0.15) is 5.75 Å². The van der Waals surface area contributed by atoms with E-state index in [0.29, 0.717) is 22.6 Å². The van der Waals surface area contributed by atoms with E-state index in [1.54, 1.807) is 19.9 Å². The third-order valence-corrected chi connectivity index (χ3v) is 4.53. The number of aromatic amines is 1. The van der Waals surface area contributed by atoms with Crippen molar-refractivity contribution in [2.24, 2.45) is 0 Å². The van der Waals surface area contributed by atoms with Crippen LogP contribution in [-0.4, -0.2) is 35.7 Å². The summed E-state index contributed by atoms with van der Waals surface area (Å²) >= 11 is 0. The van der Waals surface area contributed by atoms with Crippen LogP contribution in [-0.2, 0) is 9.53 Å². The Balaban J connectivity index is 1.59. The van der Waals surface area contributed by atoms with E-state index in [9.17, 15) is 14.4 Å². The summed E-state index contributed by atoms with van der Waals surface area (Å²) in [5, 5.41) is 1.89. The van der Waals surface area contributed by atoms with Crippen molar-refractivity contribution in [2.75, 3.05) is 13.2 Å². The monoisotopic (exact) mass is 379 g/mol. The van der Waals surface area contributed by atoms with E-state index in [1.807, 2.05) is 36.4 Å². The van der Waals surface area contributed by atoms with Crippen LogP contribution in [0.3, 0.4) is 0 Å². The van der Waals surface area contributed by atoms with E-state index in [2.05, 4.69) is 4.98 Å². The molecule has 0 saturated heterocycles. The zero-order valence-corrected chi connectivity index (χ0v) is 16.0. The van der Waals surface area contributed by atoms with Gasteiger partial charge < -0.3 is 14.5 Å². The molecule has 0 amide bonds. The maximum atomic E-state index is 12.3. The van der Waals surface area contributed by atoms with Crippen molar-refractivity contribution < 1.29 is 23.9 Å². The molecule has 1 heterocycles. The van der Waals surface area contributed by atoms with Gasteiger partial charge in [-0.1, -0.05) is 36.4 Å². The van der Waals surface area contributed by atoms with Crippen molar-refractivity contribution in [3.8, 4) is 5.75 Å². The van der Waals surface area contributed by atoms with Gasteiger partial charge in [0.15, 0.2) is 19.0 Å². The fourth-order valence-corrected chi connectivity index (χ4v) is 3.28. The van der Waals surface area contributed by atoms with Gasteiger partial charge in [-0.15, -0.1) is 0 Å². The van der Waals surface area contributed by atoms with Crippen LogP contribution in [0.25, 0.3) is 10.8 Å². The van der Waals surface area contributed by atoms with Crippen LogP contribution in [0.1, 0.15) is 39.0 Å². The number of ketones is 2. The van der Waals surface area contributed by atoms with Crippen LogP contribution >= 0.6 is 0 Å². The maximum absolute atomic E-state index is 12.3. The van der Waals surface area contributed by atoms with Crippen LogP contribution in [0.2, 0.25) is 0 Å². The Bertz CT molecular complexity index is 1060. The maximum Gasteiger partial charge on any atom is 0.344 e. The minimum Gasteiger partial charge on any atom is -0.481 e. The van der Waals surface area contributed by atoms with Gasteiger partial charge in [-0.2, -0.15) is 0 Å². The number of fused-ring (bicyclic) bond motifs is 1. The summed E-state index contributed by atoms with van der Waals surface area (Å²) < 4.78 is 10.6. The SMILES string of the molecule is CC(=O)c1c(C)[nH]c(C(=O)COC(=O)COc2cccc3ccccc23)c1C. The first-order valence-electron chi connectivity index (χ1n) is 8.88. The molecule has 2 aromatic carbocycles. The lowest BCUT2D eigenvalue weighted by Crippen LogP contribution is -2.20. The molecule has 0 aliphatic carbocycles. The molecule has 6 nitrogen and oxygen atoms in total. The second kappa shape index (κ2) is 8.08. The van der Waals surface area contributed by atoms with Crippen LogP contribution in [0, 0.1) is 13.8 Å².